The predicted molar refractivity (Wildman–Crippen MR) is 101 cm³/mol. The average molecular weight is 384 g/mol. The zero-order valence-electron chi connectivity index (χ0n) is 17.3. The monoisotopic (exact) mass is 383 g/mol. The molecule has 1 atom stereocenters. The molecule has 0 aromatic heterocycles. The highest BCUT2D eigenvalue weighted by atomic mass is 16.6. The van der Waals surface area contributed by atoms with E-state index >= 15 is 0 Å². The minimum atomic E-state index is -0.752. The number of piperidine rings is 2. The highest BCUT2D eigenvalue weighted by Gasteiger charge is 2.49. The van der Waals surface area contributed by atoms with Gasteiger partial charge in [0.25, 0.3) is 5.91 Å². The zero-order valence-corrected chi connectivity index (χ0v) is 17.3. The minimum Gasteiger partial charge on any atom is -0.412 e. The molecule has 2 aliphatic heterocycles. The second kappa shape index (κ2) is 8.24. The van der Waals surface area contributed by atoms with E-state index in [0.29, 0.717) is 38.8 Å². The van der Waals surface area contributed by atoms with E-state index in [1.807, 2.05) is 13.8 Å². The number of quaternary nitrogens is 1. The first-order chi connectivity index (χ1) is 12.5. The summed E-state index contributed by atoms with van der Waals surface area (Å²) in [6, 6.07) is 0. The van der Waals surface area contributed by atoms with Crippen molar-refractivity contribution in [1.82, 2.24) is 16.1 Å². The van der Waals surface area contributed by atoms with Gasteiger partial charge in [0.2, 0.25) is 0 Å². The van der Waals surface area contributed by atoms with Crippen LogP contribution in [-0.2, 0) is 14.3 Å². The Labute approximate surface area is 161 Å². The summed E-state index contributed by atoms with van der Waals surface area (Å²) in [6.45, 7) is 11.9. The van der Waals surface area contributed by atoms with Crippen molar-refractivity contribution in [3.63, 3.8) is 0 Å². The standard InChI is InChI=1S/C19H34N4O4/c1-17(2,3)27-16(26)23(15(25)19(5)8-12-21-13-9-19)22-14(24)18(4)6-10-20-11-7-18/h20-21H,6-13H2,1-5H3,(H,22,24)/p+1. The molecule has 8 nitrogen and oxygen atoms in total. The maximum Gasteiger partial charge on any atom is 0.548 e. The summed E-state index contributed by atoms with van der Waals surface area (Å²) >= 11 is 0. The molecule has 0 aliphatic carbocycles. The lowest BCUT2D eigenvalue weighted by Crippen LogP contribution is -3.25. The molecule has 0 bridgehead atoms. The third-order valence-corrected chi connectivity index (χ3v) is 5.58. The molecule has 2 aliphatic rings. The smallest absolute Gasteiger partial charge is 0.412 e. The molecule has 0 aromatic rings. The lowest BCUT2D eigenvalue weighted by molar-refractivity contribution is -0.788. The summed E-state index contributed by atoms with van der Waals surface area (Å²) in [6.07, 6.45) is 1.81. The Balaban J connectivity index is 2.22. The van der Waals surface area contributed by atoms with Crippen LogP contribution in [0.3, 0.4) is 0 Å². The van der Waals surface area contributed by atoms with E-state index in [-0.39, 0.29) is 16.8 Å². The molecule has 27 heavy (non-hydrogen) atoms. The first kappa shape index (κ1) is 21.8. The van der Waals surface area contributed by atoms with Gasteiger partial charge in [-0.05, 0) is 79.6 Å². The van der Waals surface area contributed by atoms with E-state index in [1.54, 1.807) is 20.8 Å². The SMILES string of the molecule is CC(C)(C)OC(=O)[NH+](NC(=O)C1(C)CCNCC1)C(=O)C1(C)CCNCC1. The van der Waals surface area contributed by atoms with Crippen LogP contribution in [-0.4, -0.2) is 49.7 Å². The molecule has 0 spiro atoms. The van der Waals surface area contributed by atoms with Crippen LogP contribution in [0.15, 0.2) is 0 Å². The lowest BCUT2D eigenvalue weighted by Gasteiger charge is -2.35. The molecule has 2 heterocycles. The van der Waals surface area contributed by atoms with Crippen LogP contribution in [0.25, 0.3) is 0 Å². The van der Waals surface area contributed by atoms with E-state index in [2.05, 4.69) is 16.1 Å². The summed E-state index contributed by atoms with van der Waals surface area (Å²) in [4.78, 5) is 39.0. The van der Waals surface area contributed by atoms with Gasteiger partial charge in [-0.1, -0.05) is 11.9 Å². The summed E-state index contributed by atoms with van der Waals surface area (Å²) in [5.74, 6) is -0.611. The molecule has 2 rings (SSSR count). The Kier molecular flexibility index (Phi) is 6.65. The van der Waals surface area contributed by atoms with Gasteiger partial charge in [-0.15, -0.1) is 0 Å². The van der Waals surface area contributed by atoms with Gasteiger partial charge < -0.3 is 15.4 Å². The average Bonchev–Trinajstić information content (AvgIpc) is 2.58. The van der Waals surface area contributed by atoms with E-state index in [9.17, 15) is 14.4 Å². The molecular formula is C19H35N4O4+. The molecular weight excluding hydrogens is 348 g/mol. The first-order valence-corrected chi connectivity index (χ1v) is 9.85. The Morgan fingerprint density at radius 3 is 1.78 bits per heavy atom. The van der Waals surface area contributed by atoms with Gasteiger partial charge in [0, 0.05) is 0 Å². The fourth-order valence-electron chi connectivity index (χ4n) is 3.51. The maximum absolute atomic E-state index is 13.3. The van der Waals surface area contributed by atoms with Gasteiger partial charge in [-0.3, -0.25) is 4.79 Å². The fraction of sp³-hybridized carbons (Fsp3) is 0.842. The van der Waals surface area contributed by atoms with E-state index in [1.165, 1.54) is 0 Å². The van der Waals surface area contributed by atoms with Crippen LogP contribution in [0.1, 0.15) is 60.3 Å². The summed E-state index contributed by atoms with van der Waals surface area (Å²) in [5, 5.41) is 6.23. The molecule has 1 unspecified atom stereocenters. The van der Waals surface area contributed by atoms with E-state index in [4.69, 9.17) is 4.74 Å². The Hall–Kier alpha value is -1.51. The van der Waals surface area contributed by atoms with Crippen molar-refractivity contribution < 1.29 is 24.1 Å². The summed E-state index contributed by atoms with van der Waals surface area (Å²) in [5.41, 5.74) is 0.644. The van der Waals surface area contributed by atoms with Crippen LogP contribution in [0.5, 0.6) is 0 Å². The van der Waals surface area contributed by atoms with Crippen molar-refractivity contribution in [3.05, 3.63) is 0 Å². The number of carbonyl (C=O) groups excluding carboxylic acids is 3. The van der Waals surface area contributed by atoms with Crippen LogP contribution >= 0.6 is 0 Å². The maximum atomic E-state index is 13.3. The molecule has 0 saturated carbocycles. The van der Waals surface area contributed by atoms with Gasteiger partial charge in [0.15, 0.2) is 0 Å². The van der Waals surface area contributed by atoms with Crippen LogP contribution in [0.4, 0.5) is 4.79 Å². The van der Waals surface area contributed by atoms with Crippen LogP contribution < -0.4 is 21.1 Å². The molecule has 0 radical (unpaired) electrons. The van der Waals surface area contributed by atoms with Gasteiger partial charge >= 0.3 is 12.0 Å². The first-order valence-electron chi connectivity index (χ1n) is 9.85. The minimum absolute atomic E-state index is 0.223. The van der Waals surface area contributed by atoms with Crippen molar-refractivity contribution in [2.75, 3.05) is 26.2 Å². The number of imide groups is 1. The third kappa shape index (κ3) is 5.49. The van der Waals surface area contributed by atoms with Gasteiger partial charge in [0.1, 0.15) is 5.60 Å². The number of carbonyl (C=O) groups is 3. The van der Waals surface area contributed by atoms with Gasteiger partial charge in [-0.25, -0.2) is 4.79 Å². The van der Waals surface area contributed by atoms with Crippen molar-refractivity contribution in [2.24, 2.45) is 10.8 Å². The number of alkyl carbamates (subject to hydrolysis) is 1. The highest BCUT2D eigenvalue weighted by molar-refractivity contribution is 5.86. The highest BCUT2D eigenvalue weighted by Crippen LogP contribution is 2.28. The Morgan fingerprint density at radius 2 is 1.33 bits per heavy atom. The van der Waals surface area contributed by atoms with Gasteiger partial charge in [0.05, 0.1) is 10.8 Å². The van der Waals surface area contributed by atoms with Crippen LogP contribution in [0, 0.1) is 10.8 Å². The van der Waals surface area contributed by atoms with Crippen LogP contribution in [0.2, 0.25) is 0 Å². The Bertz CT molecular complexity index is 573. The number of hydrogen-bond donors (Lipinski definition) is 4. The summed E-state index contributed by atoms with van der Waals surface area (Å²) < 4.78 is 5.44. The summed E-state index contributed by atoms with van der Waals surface area (Å²) in [7, 11) is 0. The predicted octanol–water partition coefficient (Wildman–Crippen LogP) is 0.144. The number of amides is 3. The molecule has 2 saturated heterocycles. The second-order valence-electron chi connectivity index (χ2n) is 9.28. The normalized spacial score (nSPS) is 23.1. The number of rotatable bonds is 2. The molecule has 3 amide bonds. The van der Waals surface area contributed by atoms with Crippen molar-refractivity contribution >= 4 is 17.9 Å². The zero-order chi connectivity index (χ0) is 20.3. The van der Waals surface area contributed by atoms with E-state index in [0.717, 1.165) is 13.1 Å². The molecule has 4 N–H and O–H groups in total. The molecule has 8 heteroatoms. The lowest BCUT2D eigenvalue weighted by atomic mass is 9.79. The molecule has 2 fully saturated rings. The topological polar surface area (TPSA) is 101 Å². The Morgan fingerprint density at radius 1 is 0.889 bits per heavy atom. The van der Waals surface area contributed by atoms with Crippen molar-refractivity contribution in [3.8, 4) is 0 Å². The van der Waals surface area contributed by atoms with E-state index < -0.39 is 22.5 Å². The second-order valence-corrected chi connectivity index (χ2v) is 9.28. The number of ether oxygens (including phenoxy) is 1. The molecule has 0 aromatic carbocycles. The largest absolute Gasteiger partial charge is 0.548 e. The van der Waals surface area contributed by atoms with Crippen molar-refractivity contribution in [1.29, 1.82) is 0 Å². The molecule has 154 valence electrons. The van der Waals surface area contributed by atoms with Gasteiger partial charge in [-0.2, -0.15) is 10.2 Å². The number of nitrogens with one attached hydrogen (secondary N) is 4. The van der Waals surface area contributed by atoms with Crippen molar-refractivity contribution in [2.45, 2.75) is 65.9 Å². The fourth-order valence-corrected chi connectivity index (χ4v) is 3.51. The quantitative estimate of drug-likeness (QED) is 0.506. The third-order valence-electron chi connectivity index (χ3n) is 5.58. The number of hydrogen-bond acceptors (Lipinski definition) is 6.